The second-order valence-electron chi connectivity index (χ2n) is 10.1. The molecule has 0 aromatic rings. The molecule has 2 bridgehead atoms. The summed E-state index contributed by atoms with van der Waals surface area (Å²) in [6, 6.07) is 0.685. The molecule has 4 fully saturated rings. The first-order valence-electron chi connectivity index (χ1n) is 10.4. The molecule has 4 amide bonds. The molecule has 8 heteroatoms. The molecule has 0 aromatic heterocycles. The van der Waals surface area contributed by atoms with Crippen LogP contribution in [0.5, 0.6) is 0 Å². The summed E-state index contributed by atoms with van der Waals surface area (Å²) in [7, 11) is 0. The van der Waals surface area contributed by atoms with Crippen molar-refractivity contribution in [3.05, 3.63) is 0 Å². The van der Waals surface area contributed by atoms with Gasteiger partial charge in [0.15, 0.2) is 0 Å². The van der Waals surface area contributed by atoms with Gasteiger partial charge in [0.25, 0.3) is 5.91 Å². The Kier molecular flexibility index (Phi) is 5.71. The molecule has 4 atom stereocenters. The number of carbonyl (C=O) groups excluding carboxylic acids is 3. The first-order valence-corrected chi connectivity index (χ1v) is 10.4. The summed E-state index contributed by atoms with van der Waals surface area (Å²) in [5.74, 6) is -0.102. The normalized spacial score (nSPS) is 38.9. The van der Waals surface area contributed by atoms with E-state index < -0.39 is 11.6 Å². The van der Waals surface area contributed by atoms with Crippen LogP contribution in [-0.4, -0.2) is 53.0 Å². The largest absolute Gasteiger partial charge is 0.352 e. The number of piperidine rings is 1. The average Bonchev–Trinajstić information content (AvgIpc) is 2.97. The van der Waals surface area contributed by atoms with Crippen LogP contribution in [0.15, 0.2) is 0 Å². The van der Waals surface area contributed by atoms with Crippen LogP contribution in [0.1, 0.15) is 65.7 Å². The van der Waals surface area contributed by atoms with Gasteiger partial charge in [-0.25, -0.2) is 4.79 Å². The van der Waals surface area contributed by atoms with Crippen LogP contribution in [-0.2, 0) is 9.59 Å². The zero-order valence-corrected chi connectivity index (χ0v) is 17.9. The monoisotopic (exact) mass is 412 g/mol. The number of halogens is 1. The maximum absolute atomic E-state index is 13.1. The van der Waals surface area contributed by atoms with Crippen molar-refractivity contribution in [2.24, 2.45) is 11.3 Å². The van der Waals surface area contributed by atoms with Gasteiger partial charge in [0, 0.05) is 18.1 Å². The van der Waals surface area contributed by atoms with Crippen LogP contribution in [0, 0.1) is 11.3 Å². The van der Waals surface area contributed by atoms with E-state index in [1.165, 1.54) is 12.8 Å². The smallest absolute Gasteiger partial charge is 0.325 e. The van der Waals surface area contributed by atoms with E-state index in [4.69, 9.17) is 0 Å². The number of nitrogens with zero attached hydrogens (tertiary/aromatic N) is 1. The summed E-state index contributed by atoms with van der Waals surface area (Å²) in [5, 5.41) is 9.54. The minimum absolute atomic E-state index is 0. The lowest BCUT2D eigenvalue weighted by Gasteiger charge is -2.43. The fourth-order valence-corrected chi connectivity index (χ4v) is 6.24. The highest BCUT2D eigenvalue weighted by Crippen LogP contribution is 2.46. The fraction of sp³-hybridized carbons (Fsp3) is 0.850. The molecule has 158 valence electrons. The Morgan fingerprint density at radius 2 is 1.82 bits per heavy atom. The molecule has 1 spiro atoms. The molecule has 3 aliphatic heterocycles. The number of imide groups is 1. The first-order chi connectivity index (χ1) is 12.7. The molecular weight excluding hydrogens is 380 g/mol. The Morgan fingerprint density at radius 3 is 2.43 bits per heavy atom. The third-order valence-electron chi connectivity index (χ3n) is 6.76. The van der Waals surface area contributed by atoms with Crippen molar-refractivity contribution < 1.29 is 14.4 Å². The third kappa shape index (κ3) is 4.01. The van der Waals surface area contributed by atoms with Gasteiger partial charge in [-0.05, 0) is 56.3 Å². The van der Waals surface area contributed by atoms with E-state index in [2.05, 4.69) is 36.7 Å². The van der Waals surface area contributed by atoms with Crippen LogP contribution >= 0.6 is 12.4 Å². The van der Waals surface area contributed by atoms with Gasteiger partial charge in [0.1, 0.15) is 12.1 Å². The van der Waals surface area contributed by atoms with Crippen molar-refractivity contribution >= 4 is 30.3 Å². The van der Waals surface area contributed by atoms with Crippen LogP contribution in [0.3, 0.4) is 0 Å². The topological polar surface area (TPSA) is 90.5 Å². The molecule has 3 heterocycles. The third-order valence-corrected chi connectivity index (χ3v) is 6.76. The Hall–Kier alpha value is -1.34. The lowest BCUT2D eigenvalue weighted by atomic mass is 9.64. The van der Waals surface area contributed by atoms with E-state index in [-0.39, 0.29) is 42.2 Å². The van der Waals surface area contributed by atoms with Crippen LogP contribution in [0.4, 0.5) is 4.79 Å². The Morgan fingerprint density at radius 1 is 1.18 bits per heavy atom. The quantitative estimate of drug-likeness (QED) is 0.618. The van der Waals surface area contributed by atoms with E-state index in [1.54, 1.807) is 0 Å². The van der Waals surface area contributed by atoms with Gasteiger partial charge < -0.3 is 16.0 Å². The van der Waals surface area contributed by atoms with E-state index in [0.29, 0.717) is 30.8 Å². The summed E-state index contributed by atoms with van der Waals surface area (Å²) in [6.45, 7) is 6.23. The molecule has 28 heavy (non-hydrogen) atoms. The van der Waals surface area contributed by atoms with E-state index in [1.807, 2.05) is 0 Å². The predicted octanol–water partition coefficient (Wildman–Crippen LogP) is 1.94. The number of rotatable bonds is 3. The number of amides is 4. The van der Waals surface area contributed by atoms with E-state index in [0.717, 1.165) is 24.2 Å². The highest BCUT2D eigenvalue weighted by atomic mass is 35.5. The zero-order valence-electron chi connectivity index (χ0n) is 17.0. The van der Waals surface area contributed by atoms with Gasteiger partial charge in [-0.15, -0.1) is 12.4 Å². The maximum Gasteiger partial charge on any atom is 0.325 e. The fourth-order valence-electron chi connectivity index (χ4n) is 6.24. The highest BCUT2D eigenvalue weighted by molar-refractivity contribution is 6.09. The summed E-state index contributed by atoms with van der Waals surface area (Å²) in [4.78, 5) is 39.3. The summed E-state index contributed by atoms with van der Waals surface area (Å²) in [6.07, 6.45) is 6.51. The Labute approximate surface area is 173 Å². The molecule has 0 radical (unpaired) electrons. The summed E-state index contributed by atoms with van der Waals surface area (Å²) >= 11 is 0. The maximum atomic E-state index is 13.1. The van der Waals surface area contributed by atoms with Crippen molar-refractivity contribution in [1.82, 2.24) is 20.9 Å². The van der Waals surface area contributed by atoms with Crippen LogP contribution in [0.2, 0.25) is 0 Å². The van der Waals surface area contributed by atoms with E-state index in [9.17, 15) is 14.4 Å². The molecule has 3 N–H and O–H groups in total. The molecule has 3 saturated heterocycles. The van der Waals surface area contributed by atoms with Gasteiger partial charge in [0.2, 0.25) is 5.91 Å². The second kappa shape index (κ2) is 7.48. The predicted molar refractivity (Wildman–Crippen MR) is 108 cm³/mol. The highest BCUT2D eigenvalue weighted by Gasteiger charge is 2.56. The molecule has 4 aliphatic rings. The number of hydrogen-bond donors (Lipinski definition) is 3. The lowest BCUT2D eigenvalue weighted by Crippen LogP contribution is -2.54. The molecule has 1 aliphatic carbocycles. The standard InChI is InChI=1S/C20H32N4O3.ClH/c1-12-8-19(2,3)11-20(9-12)17(26)24(18(27)23-20)10-16(25)22-15-6-13-4-5-14(7-15)21-13;/h12-15,21H,4-11H2,1-3H3,(H,22,25)(H,23,27);1H. The average molecular weight is 413 g/mol. The molecule has 0 aromatic carbocycles. The number of hydrogen-bond acceptors (Lipinski definition) is 4. The molecule has 7 nitrogen and oxygen atoms in total. The summed E-state index contributed by atoms with van der Waals surface area (Å²) in [5.41, 5.74) is -0.848. The van der Waals surface area contributed by atoms with E-state index >= 15 is 0 Å². The van der Waals surface area contributed by atoms with Gasteiger partial charge >= 0.3 is 6.03 Å². The van der Waals surface area contributed by atoms with Crippen LogP contribution in [0.25, 0.3) is 0 Å². The second-order valence-corrected chi connectivity index (χ2v) is 10.1. The van der Waals surface area contributed by atoms with Crippen molar-refractivity contribution in [2.75, 3.05) is 6.54 Å². The summed E-state index contributed by atoms with van der Waals surface area (Å²) < 4.78 is 0. The zero-order chi connectivity index (χ0) is 19.4. The van der Waals surface area contributed by atoms with Gasteiger partial charge in [-0.2, -0.15) is 0 Å². The van der Waals surface area contributed by atoms with Crippen molar-refractivity contribution in [1.29, 1.82) is 0 Å². The number of fused-ring (bicyclic) bond motifs is 2. The van der Waals surface area contributed by atoms with Crippen LogP contribution < -0.4 is 16.0 Å². The number of urea groups is 1. The first kappa shape index (κ1) is 21.4. The Balaban J connectivity index is 0.00000225. The molecule has 4 unspecified atom stereocenters. The number of nitrogens with one attached hydrogen (secondary N) is 3. The lowest BCUT2D eigenvalue weighted by molar-refractivity contribution is -0.137. The van der Waals surface area contributed by atoms with Gasteiger partial charge in [-0.3, -0.25) is 14.5 Å². The minimum atomic E-state index is -0.841. The SMILES string of the molecule is CC1CC(C)(C)CC2(C1)NC(=O)N(CC(=O)NC1CC3CCC(C1)N3)C2=O.Cl. The van der Waals surface area contributed by atoms with Crippen molar-refractivity contribution in [3.8, 4) is 0 Å². The molecular formula is C20H33ClN4O3. The van der Waals surface area contributed by atoms with Gasteiger partial charge in [0.05, 0.1) is 0 Å². The van der Waals surface area contributed by atoms with Crippen molar-refractivity contribution in [3.63, 3.8) is 0 Å². The number of carbonyl (C=O) groups is 3. The minimum Gasteiger partial charge on any atom is -0.352 e. The Bertz CT molecular complexity index is 658. The molecule has 1 saturated carbocycles. The molecule has 4 rings (SSSR count). The van der Waals surface area contributed by atoms with Crippen molar-refractivity contribution in [2.45, 2.75) is 89.4 Å². The van der Waals surface area contributed by atoms with Gasteiger partial charge in [-0.1, -0.05) is 20.8 Å².